The summed E-state index contributed by atoms with van der Waals surface area (Å²) in [6.45, 7) is 0. The molecule has 1 aromatic heterocycles. The largest absolute Gasteiger partial charge is 0.469 e. The van der Waals surface area contributed by atoms with Crippen LogP contribution in [0.5, 0.6) is 0 Å². The molecule has 2 rings (SSSR count). The number of aromatic nitrogens is 1. The summed E-state index contributed by atoms with van der Waals surface area (Å²) >= 11 is 0. The van der Waals surface area contributed by atoms with Gasteiger partial charge in [-0.2, -0.15) is 0 Å². The molecule has 1 fully saturated rings. The second-order valence-corrected chi connectivity index (χ2v) is 5.26. The summed E-state index contributed by atoms with van der Waals surface area (Å²) in [5.41, 5.74) is 5.17. The third-order valence-corrected chi connectivity index (χ3v) is 3.86. The van der Waals surface area contributed by atoms with Crippen LogP contribution in [0.15, 0.2) is 24.5 Å². The Morgan fingerprint density at radius 1 is 1.14 bits per heavy atom. The van der Waals surface area contributed by atoms with E-state index >= 15 is 0 Å². The zero-order valence-corrected chi connectivity index (χ0v) is 12.4. The molecular formula is C15H19N3O4. The molecule has 0 unspecified atom stereocenters. The number of hydrogen-bond donors (Lipinski definition) is 2. The first-order valence-corrected chi connectivity index (χ1v) is 7.20. The first-order valence-electron chi connectivity index (χ1n) is 7.20. The second kappa shape index (κ2) is 7.53. The molecule has 0 radical (unpaired) electrons. The van der Waals surface area contributed by atoms with Gasteiger partial charge in [0.05, 0.1) is 18.6 Å². The molecule has 118 valence electrons. The lowest BCUT2D eigenvalue weighted by molar-refractivity contribution is -0.147. The van der Waals surface area contributed by atoms with Crippen LogP contribution in [0.2, 0.25) is 0 Å². The topological polar surface area (TPSA) is 97.4 Å². The van der Waals surface area contributed by atoms with Crippen molar-refractivity contribution in [2.24, 2.45) is 11.8 Å². The van der Waals surface area contributed by atoms with Crippen molar-refractivity contribution in [2.75, 3.05) is 7.11 Å². The zero-order valence-electron chi connectivity index (χ0n) is 12.4. The maximum atomic E-state index is 12.0. The standard InChI is InChI=1S/C15H19N3O4/c1-22-15(21)11-6-4-10(5-7-11)13(19)17-18-14(20)12-3-2-8-16-9-12/h2-3,8-11H,4-7H2,1H3,(H,17,19)(H,18,20). The van der Waals surface area contributed by atoms with Crippen molar-refractivity contribution in [1.29, 1.82) is 0 Å². The van der Waals surface area contributed by atoms with Gasteiger partial charge in [0.1, 0.15) is 0 Å². The van der Waals surface area contributed by atoms with Crippen LogP contribution in [0.1, 0.15) is 36.0 Å². The Morgan fingerprint density at radius 3 is 2.41 bits per heavy atom. The van der Waals surface area contributed by atoms with E-state index in [0.29, 0.717) is 31.2 Å². The Balaban J connectivity index is 1.77. The van der Waals surface area contributed by atoms with Gasteiger partial charge >= 0.3 is 5.97 Å². The SMILES string of the molecule is COC(=O)C1CCC(C(=O)NNC(=O)c2cccnc2)CC1. The van der Waals surface area contributed by atoms with Crippen LogP contribution >= 0.6 is 0 Å². The van der Waals surface area contributed by atoms with Gasteiger partial charge in [0.15, 0.2) is 0 Å². The van der Waals surface area contributed by atoms with E-state index in [1.807, 2.05) is 0 Å². The number of methoxy groups -OCH3 is 1. The van der Waals surface area contributed by atoms with Crippen molar-refractivity contribution < 1.29 is 19.1 Å². The monoisotopic (exact) mass is 305 g/mol. The molecular weight excluding hydrogens is 286 g/mol. The van der Waals surface area contributed by atoms with Gasteiger partial charge < -0.3 is 4.74 Å². The summed E-state index contributed by atoms with van der Waals surface area (Å²) < 4.78 is 4.71. The predicted molar refractivity (Wildman–Crippen MR) is 77.3 cm³/mol. The van der Waals surface area contributed by atoms with Crippen LogP contribution in [0.25, 0.3) is 0 Å². The Kier molecular flexibility index (Phi) is 5.46. The van der Waals surface area contributed by atoms with Gasteiger partial charge in [-0.15, -0.1) is 0 Å². The van der Waals surface area contributed by atoms with E-state index in [0.717, 1.165) is 0 Å². The van der Waals surface area contributed by atoms with E-state index in [1.54, 1.807) is 18.3 Å². The highest BCUT2D eigenvalue weighted by Crippen LogP contribution is 2.29. The smallest absolute Gasteiger partial charge is 0.308 e. The first kappa shape index (κ1) is 15.9. The summed E-state index contributed by atoms with van der Waals surface area (Å²) in [6.07, 6.45) is 5.45. The van der Waals surface area contributed by atoms with E-state index < -0.39 is 5.91 Å². The Morgan fingerprint density at radius 2 is 1.82 bits per heavy atom. The van der Waals surface area contributed by atoms with Crippen molar-refractivity contribution in [2.45, 2.75) is 25.7 Å². The van der Waals surface area contributed by atoms with Crippen LogP contribution in [0.4, 0.5) is 0 Å². The van der Waals surface area contributed by atoms with Crippen molar-refractivity contribution >= 4 is 17.8 Å². The normalized spacial score (nSPS) is 20.8. The van der Waals surface area contributed by atoms with Gasteiger partial charge in [0.2, 0.25) is 5.91 Å². The number of hydrazine groups is 1. The van der Waals surface area contributed by atoms with Crippen LogP contribution in [-0.2, 0) is 14.3 Å². The van der Waals surface area contributed by atoms with E-state index in [4.69, 9.17) is 4.74 Å². The van der Waals surface area contributed by atoms with Gasteiger partial charge in [-0.3, -0.25) is 30.2 Å². The minimum absolute atomic E-state index is 0.126. The fourth-order valence-electron chi connectivity index (χ4n) is 2.55. The number of ether oxygens (including phenoxy) is 1. The molecule has 2 amide bonds. The van der Waals surface area contributed by atoms with Crippen molar-refractivity contribution in [3.63, 3.8) is 0 Å². The molecule has 0 aromatic carbocycles. The highest BCUT2D eigenvalue weighted by molar-refractivity contribution is 5.95. The molecule has 7 heteroatoms. The fourth-order valence-corrected chi connectivity index (χ4v) is 2.55. The summed E-state index contributed by atoms with van der Waals surface area (Å²) in [4.78, 5) is 39.1. The van der Waals surface area contributed by atoms with Gasteiger partial charge in [-0.05, 0) is 37.8 Å². The number of carbonyl (C=O) groups excluding carboxylic acids is 3. The highest BCUT2D eigenvalue weighted by Gasteiger charge is 2.30. The Labute approximate surface area is 128 Å². The number of carbonyl (C=O) groups is 3. The zero-order chi connectivity index (χ0) is 15.9. The number of pyridine rings is 1. The van der Waals surface area contributed by atoms with Crippen LogP contribution in [0, 0.1) is 11.8 Å². The molecule has 1 saturated carbocycles. The van der Waals surface area contributed by atoms with Crippen LogP contribution in [-0.4, -0.2) is 29.9 Å². The maximum Gasteiger partial charge on any atom is 0.308 e. The molecule has 7 nitrogen and oxygen atoms in total. The number of rotatable bonds is 3. The summed E-state index contributed by atoms with van der Waals surface area (Å²) in [7, 11) is 1.37. The van der Waals surface area contributed by atoms with Crippen molar-refractivity contribution in [3.05, 3.63) is 30.1 Å². The average Bonchev–Trinajstić information content (AvgIpc) is 2.59. The number of nitrogens with zero attached hydrogens (tertiary/aromatic N) is 1. The molecule has 1 aliphatic carbocycles. The van der Waals surface area contributed by atoms with Crippen LogP contribution in [0.3, 0.4) is 0 Å². The number of hydrogen-bond acceptors (Lipinski definition) is 5. The Hall–Kier alpha value is -2.44. The lowest BCUT2D eigenvalue weighted by Gasteiger charge is -2.26. The van der Waals surface area contributed by atoms with Gasteiger partial charge in [0.25, 0.3) is 5.91 Å². The van der Waals surface area contributed by atoms with Crippen molar-refractivity contribution in [3.8, 4) is 0 Å². The molecule has 0 spiro atoms. The van der Waals surface area contributed by atoms with Gasteiger partial charge in [-0.25, -0.2) is 0 Å². The van der Waals surface area contributed by atoms with Crippen molar-refractivity contribution in [1.82, 2.24) is 15.8 Å². The van der Waals surface area contributed by atoms with E-state index in [9.17, 15) is 14.4 Å². The molecule has 1 aromatic rings. The quantitative estimate of drug-likeness (QED) is 0.636. The summed E-state index contributed by atoms with van der Waals surface area (Å²) in [5, 5.41) is 0. The summed E-state index contributed by atoms with van der Waals surface area (Å²) in [6, 6.07) is 3.25. The molecule has 0 aliphatic heterocycles. The first-order chi connectivity index (χ1) is 10.6. The van der Waals surface area contributed by atoms with E-state index in [2.05, 4.69) is 15.8 Å². The molecule has 1 heterocycles. The van der Waals surface area contributed by atoms with Gasteiger partial charge in [-0.1, -0.05) is 0 Å². The maximum absolute atomic E-state index is 12.0. The number of amides is 2. The second-order valence-electron chi connectivity index (χ2n) is 5.26. The molecule has 1 aliphatic rings. The third-order valence-electron chi connectivity index (χ3n) is 3.86. The van der Waals surface area contributed by atoms with Gasteiger partial charge in [0, 0.05) is 18.3 Å². The molecule has 0 atom stereocenters. The van der Waals surface area contributed by atoms with Crippen LogP contribution < -0.4 is 10.9 Å². The molecule has 0 bridgehead atoms. The molecule has 0 saturated heterocycles. The predicted octanol–water partition coefficient (Wildman–Crippen LogP) is 0.822. The highest BCUT2D eigenvalue weighted by atomic mass is 16.5. The van der Waals surface area contributed by atoms with E-state index in [-0.39, 0.29) is 23.7 Å². The average molecular weight is 305 g/mol. The molecule has 22 heavy (non-hydrogen) atoms. The third kappa shape index (κ3) is 4.03. The number of nitrogens with one attached hydrogen (secondary N) is 2. The lowest BCUT2D eigenvalue weighted by Crippen LogP contribution is -2.45. The number of esters is 1. The summed E-state index contributed by atoms with van der Waals surface area (Å²) in [5.74, 6) is -1.19. The fraction of sp³-hybridized carbons (Fsp3) is 0.467. The minimum atomic E-state index is -0.412. The lowest BCUT2D eigenvalue weighted by atomic mass is 9.82. The Bertz CT molecular complexity index is 539. The van der Waals surface area contributed by atoms with E-state index in [1.165, 1.54) is 13.3 Å². The molecule has 2 N–H and O–H groups in total. The minimum Gasteiger partial charge on any atom is -0.469 e.